The average Bonchev–Trinajstić information content (AvgIpc) is 2.28. The number of benzene rings is 1. The van der Waals surface area contributed by atoms with Gasteiger partial charge in [-0.3, -0.25) is 9.79 Å². The normalized spacial score (nSPS) is 10.9. The van der Waals surface area contributed by atoms with E-state index < -0.39 is 0 Å². The van der Waals surface area contributed by atoms with Crippen molar-refractivity contribution in [3.8, 4) is 0 Å². The van der Waals surface area contributed by atoms with Crippen LogP contribution in [0.2, 0.25) is 0 Å². The number of rotatable bonds is 4. The maximum absolute atomic E-state index is 12.0. The number of carbonyl (C=O) groups is 1. The van der Waals surface area contributed by atoms with E-state index in [2.05, 4.69) is 34.2 Å². The number of anilines is 1. The minimum absolute atomic E-state index is 0.222. The van der Waals surface area contributed by atoms with Crippen LogP contribution in [0.4, 0.5) is 5.69 Å². The molecule has 0 saturated carbocycles. The van der Waals surface area contributed by atoms with Crippen LogP contribution in [0.15, 0.2) is 52.1 Å². The van der Waals surface area contributed by atoms with Crippen molar-refractivity contribution in [2.24, 2.45) is 4.99 Å². The average molecular weight is 279 g/mol. The highest BCUT2D eigenvalue weighted by Crippen LogP contribution is 2.21. The molecule has 0 unspecified atom stereocenters. The predicted molar refractivity (Wildman–Crippen MR) is 70.7 cm³/mol. The van der Waals surface area contributed by atoms with Crippen molar-refractivity contribution in [3.05, 3.63) is 52.7 Å². The van der Waals surface area contributed by atoms with Crippen molar-refractivity contribution in [2.45, 2.75) is 0 Å². The van der Waals surface area contributed by atoms with Gasteiger partial charge < -0.3 is 5.73 Å². The Morgan fingerprint density at radius 3 is 2.75 bits per heavy atom. The molecular formula is C12H11BrN2O. The Kier molecular flexibility index (Phi) is 4.19. The second-order valence-corrected chi connectivity index (χ2v) is 3.92. The first kappa shape index (κ1) is 12.4. The maximum Gasteiger partial charge on any atom is 0.213 e. The lowest BCUT2D eigenvalue weighted by Gasteiger charge is -2.05. The Bertz CT molecular complexity index is 478. The highest BCUT2D eigenvalue weighted by molar-refractivity contribution is 9.10. The summed E-state index contributed by atoms with van der Waals surface area (Å²) >= 11 is 3.28. The number of nitrogens with two attached hydrogens (primary N) is 1. The molecule has 1 aromatic carbocycles. The van der Waals surface area contributed by atoms with Gasteiger partial charge in [0.2, 0.25) is 5.78 Å². The number of hydrogen-bond acceptors (Lipinski definition) is 3. The van der Waals surface area contributed by atoms with E-state index in [0.717, 1.165) is 4.47 Å². The minimum Gasteiger partial charge on any atom is -0.398 e. The summed E-state index contributed by atoms with van der Waals surface area (Å²) in [5.41, 5.74) is 6.75. The molecule has 0 radical (unpaired) electrons. The minimum atomic E-state index is -0.270. The van der Waals surface area contributed by atoms with Crippen molar-refractivity contribution in [2.75, 3.05) is 5.73 Å². The second kappa shape index (κ2) is 5.42. The van der Waals surface area contributed by atoms with Crippen LogP contribution < -0.4 is 5.73 Å². The summed E-state index contributed by atoms with van der Waals surface area (Å²) in [4.78, 5) is 15.6. The first-order chi connectivity index (χ1) is 7.60. The van der Waals surface area contributed by atoms with Crippen LogP contribution in [-0.2, 0) is 0 Å². The summed E-state index contributed by atoms with van der Waals surface area (Å²) in [5, 5.41) is 0. The van der Waals surface area contributed by atoms with Gasteiger partial charge in [0.15, 0.2) is 0 Å². The lowest BCUT2D eigenvalue weighted by molar-refractivity contribution is 0.103. The molecule has 0 aromatic heterocycles. The van der Waals surface area contributed by atoms with Crippen LogP contribution in [0, 0.1) is 0 Å². The zero-order valence-corrected chi connectivity index (χ0v) is 10.2. The molecule has 0 aliphatic rings. The molecule has 3 nitrogen and oxygen atoms in total. The molecule has 0 aliphatic heterocycles. The van der Waals surface area contributed by atoms with E-state index in [4.69, 9.17) is 5.73 Å². The number of allylic oxidation sites excluding steroid dienone is 3. The van der Waals surface area contributed by atoms with Crippen molar-refractivity contribution in [1.82, 2.24) is 0 Å². The molecule has 0 saturated heterocycles. The van der Waals surface area contributed by atoms with Gasteiger partial charge in [0.05, 0.1) is 0 Å². The molecule has 4 heteroatoms. The van der Waals surface area contributed by atoms with Gasteiger partial charge in [-0.05, 0) is 31.0 Å². The van der Waals surface area contributed by atoms with Crippen molar-refractivity contribution >= 4 is 34.1 Å². The Morgan fingerprint density at radius 1 is 1.50 bits per heavy atom. The Hall–Kier alpha value is -1.68. The first-order valence-corrected chi connectivity index (χ1v) is 5.28. The third kappa shape index (κ3) is 2.67. The number of nitrogens with zero attached hydrogens (tertiary/aromatic N) is 1. The molecule has 1 aromatic rings. The zero-order valence-electron chi connectivity index (χ0n) is 8.61. The van der Waals surface area contributed by atoms with Crippen LogP contribution in [0.3, 0.4) is 0 Å². The molecule has 0 aliphatic carbocycles. The number of halogens is 1. The van der Waals surface area contributed by atoms with Crippen LogP contribution >= 0.6 is 15.9 Å². The molecule has 0 fully saturated rings. The molecular weight excluding hydrogens is 268 g/mol. The largest absolute Gasteiger partial charge is 0.398 e. The molecule has 0 atom stereocenters. The number of ketones is 1. The van der Waals surface area contributed by atoms with Gasteiger partial charge in [0.1, 0.15) is 5.70 Å². The topological polar surface area (TPSA) is 55.5 Å². The van der Waals surface area contributed by atoms with Crippen molar-refractivity contribution in [1.29, 1.82) is 0 Å². The van der Waals surface area contributed by atoms with Crippen LogP contribution in [0.5, 0.6) is 0 Å². The molecule has 1 rings (SSSR count). The van der Waals surface area contributed by atoms with E-state index in [1.165, 1.54) is 12.2 Å². The molecule has 82 valence electrons. The third-order valence-electron chi connectivity index (χ3n) is 1.94. The van der Waals surface area contributed by atoms with E-state index in [9.17, 15) is 4.79 Å². The van der Waals surface area contributed by atoms with E-state index in [1.807, 2.05) is 0 Å². The molecule has 2 N–H and O–H groups in total. The van der Waals surface area contributed by atoms with Gasteiger partial charge >= 0.3 is 0 Å². The van der Waals surface area contributed by atoms with E-state index >= 15 is 0 Å². The summed E-state index contributed by atoms with van der Waals surface area (Å²) in [6.45, 7) is 6.85. The van der Waals surface area contributed by atoms with Gasteiger partial charge in [0.25, 0.3) is 0 Å². The monoisotopic (exact) mass is 278 g/mol. The van der Waals surface area contributed by atoms with Crippen LogP contribution in [-0.4, -0.2) is 12.5 Å². The highest BCUT2D eigenvalue weighted by Gasteiger charge is 2.13. The fourth-order valence-corrected chi connectivity index (χ4v) is 1.54. The molecule has 0 amide bonds. The van der Waals surface area contributed by atoms with Gasteiger partial charge in [-0.15, -0.1) is 0 Å². The SMILES string of the molecule is C=C/C=C(\N=C)C(=O)c1cc(Br)ccc1N. The van der Waals surface area contributed by atoms with Gasteiger partial charge in [-0.1, -0.05) is 28.6 Å². The highest BCUT2D eigenvalue weighted by atomic mass is 79.9. The fraction of sp³-hybridized carbons (Fsp3) is 0. The Balaban J connectivity index is 3.23. The van der Waals surface area contributed by atoms with Gasteiger partial charge in [-0.2, -0.15) is 0 Å². The second-order valence-electron chi connectivity index (χ2n) is 3.01. The lowest BCUT2D eigenvalue weighted by Crippen LogP contribution is -2.05. The van der Waals surface area contributed by atoms with Crippen molar-refractivity contribution in [3.63, 3.8) is 0 Å². The summed E-state index contributed by atoms with van der Waals surface area (Å²) in [5.74, 6) is -0.270. The summed E-state index contributed by atoms with van der Waals surface area (Å²) in [7, 11) is 0. The number of Topliss-reactive ketones (excluding diaryl/α,β-unsaturated/α-hetero) is 1. The maximum atomic E-state index is 12.0. The van der Waals surface area contributed by atoms with E-state index in [1.54, 1.807) is 18.2 Å². The molecule has 16 heavy (non-hydrogen) atoms. The summed E-state index contributed by atoms with van der Waals surface area (Å²) < 4.78 is 0.784. The smallest absolute Gasteiger partial charge is 0.213 e. The number of aliphatic imine (C=N–C) groups is 1. The number of hydrogen-bond donors (Lipinski definition) is 1. The summed E-state index contributed by atoms with van der Waals surface area (Å²) in [6.07, 6.45) is 2.98. The molecule has 0 spiro atoms. The third-order valence-corrected chi connectivity index (χ3v) is 2.43. The number of nitrogen functional groups attached to an aromatic ring is 1. The van der Waals surface area contributed by atoms with E-state index in [0.29, 0.717) is 11.3 Å². The lowest BCUT2D eigenvalue weighted by atomic mass is 10.1. The van der Waals surface area contributed by atoms with E-state index in [-0.39, 0.29) is 11.5 Å². The first-order valence-electron chi connectivity index (χ1n) is 4.49. The zero-order chi connectivity index (χ0) is 12.1. The predicted octanol–water partition coefficient (Wildman–Crippen LogP) is 2.98. The Labute approximate surface area is 103 Å². The van der Waals surface area contributed by atoms with Crippen molar-refractivity contribution < 1.29 is 4.79 Å². The standard InChI is InChI=1S/C12H11BrN2O/c1-3-4-11(15-2)12(16)9-7-8(13)5-6-10(9)14/h3-7H,1-2,14H2/b11-4-. The molecule has 0 bridgehead atoms. The summed E-state index contributed by atoms with van der Waals surface area (Å²) in [6, 6.07) is 5.08. The van der Waals surface area contributed by atoms with Gasteiger partial charge in [0, 0.05) is 15.7 Å². The Morgan fingerprint density at radius 2 is 2.19 bits per heavy atom. The van der Waals surface area contributed by atoms with Crippen LogP contribution in [0.25, 0.3) is 0 Å². The molecule has 0 heterocycles. The number of carbonyl (C=O) groups excluding carboxylic acids is 1. The van der Waals surface area contributed by atoms with Gasteiger partial charge in [-0.25, -0.2) is 0 Å². The quantitative estimate of drug-likeness (QED) is 0.303. The fourth-order valence-electron chi connectivity index (χ4n) is 1.17. The van der Waals surface area contributed by atoms with Crippen LogP contribution in [0.1, 0.15) is 10.4 Å².